The van der Waals surface area contributed by atoms with Gasteiger partial charge in [0.25, 0.3) is 0 Å². The molecule has 20 heavy (non-hydrogen) atoms. The molecule has 0 aliphatic carbocycles. The number of aryl methyl sites for hydroxylation is 1. The van der Waals surface area contributed by atoms with Crippen molar-refractivity contribution in [3.8, 4) is 0 Å². The van der Waals surface area contributed by atoms with Gasteiger partial charge in [-0.1, -0.05) is 30.3 Å². The Hall–Kier alpha value is -1.71. The van der Waals surface area contributed by atoms with Gasteiger partial charge in [0.1, 0.15) is 0 Å². The van der Waals surface area contributed by atoms with Crippen LogP contribution >= 0.6 is 0 Å². The molecule has 2 aromatic rings. The second kappa shape index (κ2) is 6.16. The molecule has 3 rings (SSSR count). The predicted octanol–water partition coefficient (Wildman–Crippen LogP) is 2.38. The van der Waals surface area contributed by atoms with E-state index >= 15 is 0 Å². The van der Waals surface area contributed by atoms with Crippen molar-refractivity contribution in [1.29, 1.82) is 0 Å². The van der Waals surface area contributed by atoms with E-state index < -0.39 is 0 Å². The van der Waals surface area contributed by atoms with Crippen LogP contribution in [-0.4, -0.2) is 36.1 Å². The summed E-state index contributed by atoms with van der Waals surface area (Å²) >= 11 is 0. The summed E-state index contributed by atoms with van der Waals surface area (Å²) in [6, 6.07) is 13.2. The Morgan fingerprint density at radius 3 is 2.60 bits per heavy atom. The predicted molar refractivity (Wildman–Crippen MR) is 81.7 cm³/mol. The van der Waals surface area contributed by atoms with Crippen LogP contribution in [0.1, 0.15) is 22.7 Å². The van der Waals surface area contributed by atoms with E-state index in [4.69, 9.17) is 0 Å². The molecule has 0 radical (unpaired) electrons. The van der Waals surface area contributed by atoms with E-state index in [0.717, 1.165) is 26.2 Å². The fraction of sp³-hybridized carbons (Fsp3) is 0.353. The summed E-state index contributed by atoms with van der Waals surface area (Å²) in [6.07, 6.45) is 3.84. The SMILES string of the molecule is Cc1ccccc1C(c1cccnc1)N1CCNCC1. The smallest absolute Gasteiger partial charge is 0.0620 e. The highest BCUT2D eigenvalue weighted by Crippen LogP contribution is 2.30. The number of nitrogens with zero attached hydrogens (tertiary/aromatic N) is 2. The van der Waals surface area contributed by atoms with E-state index in [1.165, 1.54) is 16.7 Å². The number of piperazine rings is 1. The van der Waals surface area contributed by atoms with Crippen LogP contribution in [0.25, 0.3) is 0 Å². The summed E-state index contributed by atoms with van der Waals surface area (Å²) < 4.78 is 0. The van der Waals surface area contributed by atoms with Crippen molar-refractivity contribution in [2.75, 3.05) is 26.2 Å². The first kappa shape index (κ1) is 13.3. The zero-order valence-corrected chi connectivity index (χ0v) is 11.9. The fourth-order valence-electron chi connectivity index (χ4n) is 2.96. The van der Waals surface area contributed by atoms with Crippen molar-refractivity contribution in [1.82, 2.24) is 15.2 Å². The average Bonchev–Trinajstić information content (AvgIpc) is 2.52. The maximum Gasteiger partial charge on any atom is 0.0620 e. The fourth-order valence-corrected chi connectivity index (χ4v) is 2.96. The zero-order chi connectivity index (χ0) is 13.8. The zero-order valence-electron chi connectivity index (χ0n) is 11.9. The van der Waals surface area contributed by atoms with Gasteiger partial charge < -0.3 is 5.32 Å². The van der Waals surface area contributed by atoms with Crippen LogP contribution in [0.3, 0.4) is 0 Å². The summed E-state index contributed by atoms with van der Waals surface area (Å²) in [5, 5.41) is 3.43. The number of hydrogen-bond acceptors (Lipinski definition) is 3. The molecule has 1 unspecified atom stereocenters. The topological polar surface area (TPSA) is 28.2 Å². The highest BCUT2D eigenvalue weighted by Gasteiger charge is 2.24. The number of pyridine rings is 1. The second-order valence-corrected chi connectivity index (χ2v) is 5.33. The first-order valence-electron chi connectivity index (χ1n) is 7.26. The lowest BCUT2D eigenvalue weighted by Gasteiger charge is -2.36. The Balaban J connectivity index is 2.01. The molecule has 1 N–H and O–H groups in total. The lowest BCUT2D eigenvalue weighted by molar-refractivity contribution is 0.198. The lowest BCUT2D eigenvalue weighted by atomic mass is 9.94. The van der Waals surface area contributed by atoms with Gasteiger partial charge in [-0.3, -0.25) is 9.88 Å². The third-order valence-electron chi connectivity index (χ3n) is 4.00. The third-order valence-corrected chi connectivity index (χ3v) is 4.00. The molecule has 3 nitrogen and oxygen atoms in total. The number of benzene rings is 1. The standard InChI is InChI=1S/C17H21N3/c1-14-5-2-3-7-16(14)17(15-6-4-8-19-13-15)20-11-9-18-10-12-20/h2-8,13,17-18H,9-12H2,1H3. The largest absolute Gasteiger partial charge is 0.314 e. The van der Waals surface area contributed by atoms with Gasteiger partial charge >= 0.3 is 0 Å². The quantitative estimate of drug-likeness (QED) is 0.925. The van der Waals surface area contributed by atoms with Gasteiger partial charge in [-0.15, -0.1) is 0 Å². The monoisotopic (exact) mass is 267 g/mol. The number of rotatable bonds is 3. The molecular formula is C17H21N3. The summed E-state index contributed by atoms with van der Waals surface area (Å²) in [4.78, 5) is 6.86. The van der Waals surface area contributed by atoms with Crippen molar-refractivity contribution >= 4 is 0 Å². The molecule has 1 aromatic heterocycles. The molecule has 2 heterocycles. The van der Waals surface area contributed by atoms with E-state index in [9.17, 15) is 0 Å². The van der Waals surface area contributed by atoms with Crippen LogP contribution in [0.15, 0.2) is 48.8 Å². The van der Waals surface area contributed by atoms with Crippen molar-refractivity contribution in [2.24, 2.45) is 0 Å². The van der Waals surface area contributed by atoms with E-state index in [2.05, 4.69) is 52.5 Å². The molecule has 1 aliphatic heterocycles. The average molecular weight is 267 g/mol. The van der Waals surface area contributed by atoms with E-state index in [0.29, 0.717) is 6.04 Å². The van der Waals surface area contributed by atoms with E-state index in [1.54, 1.807) is 0 Å². The van der Waals surface area contributed by atoms with E-state index in [-0.39, 0.29) is 0 Å². The summed E-state index contributed by atoms with van der Waals surface area (Å²) in [6.45, 7) is 6.47. The van der Waals surface area contributed by atoms with Crippen LogP contribution in [-0.2, 0) is 0 Å². The first-order valence-corrected chi connectivity index (χ1v) is 7.26. The van der Waals surface area contributed by atoms with Gasteiger partial charge in [0.15, 0.2) is 0 Å². The molecule has 0 saturated carbocycles. The van der Waals surface area contributed by atoms with Crippen LogP contribution < -0.4 is 5.32 Å². The third kappa shape index (κ3) is 2.74. The van der Waals surface area contributed by atoms with Crippen molar-refractivity contribution in [2.45, 2.75) is 13.0 Å². The molecule has 1 saturated heterocycles. The van der Waals surface area contributed by atoms with Crippen LogP contribution in [0.5, 0.6) is 0 Å². The molecule has 1 atom stereocenters. The highest BCUT2D eigenvalue weighted by atomic mass is 15.2. The number of hydrogen-bond donors (Lipinski definition) is 1. The van der Waals surface area contributed by atoms with Crippen LogP contribution in [0.2, 0.25) is 0 Å². The van der Waals surface area contributed by atoms with Crippen LogP contribution in [0.4, 0.5) is 0 Å². The van der Waals surface area contributed by atoms with Gasteiger partial charge in [0, 0.05) is 38.6 Å². The summed E-state index contributed by atoms with van der Waals surface area (Å²) in [5.41, 5.74) is 4.02. The Labute approximate surface area is 120 Å². The number of aromatic nitrogens is 1. The van der Waals surface area contributed by atoms with Crippen molar-refractivity contribution < 1.29 is 0 Å². The van der Waals surface area contributed by atoms with Crippen molar-refractivity contribution in [3.63, 3.8) is 0 Å². The Morgan fingerprint density at radius 1 is 1.10 bits per heavy atom. The highest BCUT2D eigenvalue weighted by molar-refractivity contribution is 5.36. The maximum absolute atomic E-state index is 4.31. The Bertz CT molecular complexity index is 547. The molecule has 1 aromatic carbocycles. The van der Waals surface area contributed by atoms with Gasteiger partial charge in [0.2, 0.25) is 0 Å². The first-order chi connectivity index (χ1) is 9.86. The Kier molecular flexibility index (Phi) is 4.09. The minimum Gasteiger partial charge on any atom is -0.314 e. The molecule has 0 spiro atoms. The van der Waals surface area contributed by atoms with Gasteiger partial charge in [-0.2, -0.15) is 0 Å². The molecular weight excluding hydrogens is 246 g/mol. The van der Waals surface area contributed by atoms with Gasteiger partial charge in [-0.25, -0.2) is 0 Å². The molecule has 0 amide bonds. The second-order valence-electron chi connectivity index (χ2n) is 5.33. The molecule has 3 heteroatoms. The summed E-state index contributed by atoms with van der Waals surface area (Å²) in [7, 11) is 0. The van der Waals surface area contributed by atoms with Gasteiger partial charge in [0.05, 0.1) is 6.04 Å². The minimum absolute atomic E-state index is 0.312. The molecule has 104 valence electrons. The molecule has 0 bridgehead atoms. The van der Waals surface area contributed by atoms with Gasteiger partial charge in [-0.05, 0) is 29.7 Å². The minimum atomic E-state index is 0.312. The Morgan fingerprint density at radius 2 is 1.90 bits per heavy atom. The molecule has 1 fully saturated rings. The van der Waals surface area contributed by atoms with Crippen LogP contribution in [0, 0.1) is 6.92 Å². The lowest BCUT2D eigenvalue weighted by Crippen LogP contribution is -2.45. The normalized spacial score (nSPS) is 17.9. The molecule has 1 aliphatic rings. The van der Waals surface area contributed by atoms with Crippen molar-refractivity contribution in [3.05, 3.63) is 65.5 Å². The van der Waals surface area contributed by atoms with E-state index in [1.807, 2.05) is 18.5 Å². The maximum atomic E-state index is 4.31. The number of nitrogens with one attached hydrogen (secondary N) is 1. The summed E-state index contributed by atoms with van der Waals surface area (Å²) in [5.74, 6) is 0.